The molecule has 0 bridgehead atoms. The minimum atomic E-state index is -0.0147. The molecule has 0 aliphatic carbocycles. The number of ether oxygens (including phenoxy) is 1. The molecule has 1 aliphatic heterocycles. The molecule has 1 saturated heterocycles. The summed E-state index contributed by atoms with van der Waals surface area (Å²) in [6, 6.07) is 27.6. The van der Waals surface area contributed by atoms with E-state index in [9.17, 15) is 4.79 Å². The monoisotopic (exact) mass is 428 g/mol. The zero-order valence-corrected chi connectivity index (χ0v) is 18.4. The summed E-state index contributed by atoms with van der Waals surface area (Å²) in [5.74, 6) is 0.783. The van der Waals surface area contributed by atoms with Gasteiger partial charge < -0.3 is 4.74 Å². The highest BCUT2D eigenvalue weighted by atomic mass is 32.2. The maximum Gasteiger partial charge on any atom is 0.266 e. The summed E-state index contributed by atoms with van der Waals surface area (Å²) in [5, 5.41) is 0.709. The van der Waals surface area contributed by atoms with Crippen LogP contribution >= 0.6 is 11.8 Å². The van der Waals surface area contributed by atoms with Gasteiger partial charge in [0.25, 0.3) is 5.91 Å². The van der Waals surface area contributed by atoms with E-state index in [0.717, 1.165) is 22.6 Å². The summed E-state index contributed by atoms with van der Waals surface area (Å²) >= 11 is 1.41. The number of amides is 1. The Morgan fingerprint density at radius 1 is 0.935 bits per heavy atom. The Kier molecular flexibility index (Phi) is 6.53. The van der Waals surface area contributed by atoms with Crippen LogP contribution in [0.15, 0.2) is 94.8 Å². The van der Waals surface area contributed by atoms with Crippen molar-refractivity contribution in [2.24, 2.45) is 4.99 Å². The lowest BCUT2D eigenvalue weighted by molar-refractivity contribution is -0.123. The number of hydrogen-bond acceptors (Lipinski definition) is 4. The molecule has 3 aromatic carbocycles. The molecule has 0 saturated carbocycles. The fourth-order valence-corrected chi connectivity index (χ4v) is 4.31. The van der Waals surface area contributed by atoms with Crippen molar-refractivity contribution in [3.63, 3.8) is 0 Å². The second-order valence-corrected chi connectivity index (χ2v) is 8.46. The molecule has 1 amide bonds. The van der Waals surface area contributed by atoms with Crippen LogP contribution in [0.5, 0.6) is 5.75 Å². The zero-order valence-electron chi connectivity index (χ0n) is 17.6. The zero-order chi connectivity index (χ0) is 21.6. The molecular weight excluding hydrogens is 404 g/mol. The number of carbonyl (C=O) groups excluding carboxylic acids is 1. The van der Waals surface area contributed by atoms with Gasteiger partial charge in [-0.05, 0) is 67.1 Å². The third-order valence-electron chi connectivity index (χ3n) is 4.76. The second kappa shape index (κ2) is 9.67. The lowest BCUT2D eigenvalue weighted by atomic mass is 10.2. The molecule has 0 N–H and O–H groups in total. The third-order valence-corrected chi connectivity index (χ3v) is 5.74. The highest BCUT2D eigenvalue weighted by Crippen LogP contribution is 2.35. The molecule has 0 spiro atoms. The highest BCUT2D eigenvalue weighted by molar-refractivity contribution is 8.18. The molecule has 0 radical (unpaired) electrons. The van der Waals surface area contributed by atoms with Crippen LogP contribution in [-0.4, -0.2) is 22.0 Å². The van der Waals surface area contributed by atoms with Gasteiger partial charge >= 0.3 is 0 Å². The van der Waals surface area contributed by atoms with E-state index in [-0.39, 0.29) is 11.9 Å². The summed E-state index contributed by atoms with van der Waals surface area (Å²) in [7, 11) is 0. The highest BCUT2D eigenvalue weighted by Gasteiger charge is 2.35. The number of aliphatic imine (C=N–C) groups is 1. The van der Waals surface area contributed by atoms with Crippen molar-refractivity contribution in [3.05, 3.63) is 101 Å². The third kappa shape index (κ3) is 5.25. The van der Waals surface area contributed by atoms with E-state index in [4.69, 9.17) is 9.73 Å². The Morgan fingerprint density at radius 3 is 2.23 bits per heavy atom. The van der Waals surface area contributed by atoms with Crippen LogP contribution in [-0.2, 0) is 11.4 Å². The lowest BCUT2D eigenvalue weighted by Crippen LogP contribution is -2.35. The summed E-state index contributed by atoms with van der Waals surface area (Å²) in [6.07, 6.45) is 1.91. The van der Waals surface area contributed by atoms with Crippen molar-refractivity contribution in [1.82, 2.24) is 4.90 Å². The van der Waals surface area contributed by atoms with Crippen LogP contribution in [0.4, 0.5) is 5.69 Å². The maximum absolute atomic E-state index is 13.0. The average molecular weight is 429 g/mol. The van der Waals surface area contributed by atoms with Gasteiger partial charge in [-0.1, -0.05) is 60.7 Å². The first kappa shape index (κ1) is 20.9. The van der Waals surface area contributed by atoms with Crippen LogP contribution in [0.2, 0.25) is 0 Å². The van der Waals surface area contributed by atoms with Crippen LogP contribution in [0, 0.1) is 0 Å². The first-order valence-electron chi connectivity index (χ1n) is 10.2. The second-order valence-electron chi connectivity index (χ2n) is 7.45. The molecule has 0 aromatic heterocycles. The number of hydrogen-bond donors (Lipinski definition) is 0. The van der Waals surface area contributed by atoms with E-state index in [0.29, 0.717) is 16.7 Å². The van der Waals surface area contributed by atoms with E-state index >= 15 is 0 Å². The first-order valence-corrected chi connectivity index (χ1v) is 11.1. The molecule has 4 nitrogen and oxygen atoms in total. The fourth-order valence-electron chi connectivity index (χ4n) is 3.19. The Bertz CT molecular complexity index is 1090. The van der Waals surface area contributed by atoms with Gasteiger partial charge in [-0.15, -0.1) is 0 Å². The topological polar surface area (TPSA) is 41.9 Å². The Morgan fingerprint density at radius 2 is 1.58 bits per heavy atom. The number of para-hydroxylation sites is 1. The van der Waals surface area contributed by atoms with E-state index in [1.807, 2.05) is 105 Å². The summed E-state index contributed by atoms with van der Waals surface area (Å²) in [5.41, 5.74) is 2.91. The van der Waals surface area contributed by atoms with Crippen molar-refractivity contribution in [2.75, 3.05) is 0 Å². The molecule has 5 heteroatoms. The molecular formula is C26H24N2O2S. The Hall–Kier alpha value is -3.31. The Labute approximate surface area is 187 Å². The summed E-state index contributed by atoms with van der Waals surface area (Å²) in [6.45, 7) is 4.53. The minimum Gasteiger partial charge on any atom is -0.489 e. The van der Waals surface area contributed by atoms with Gasteiger partial charge in [-0.3, -0.25) is 9.69 Å². The van der Waals surface area contributed by atoms with Crippen molar-refractivity contribution < 1.29 is 9.53 Å². The fraction of sp³-hybridized carbons (Fsp3) is 0.154. The Balaban J connectivity index is 1.50. The SMILES string of the molecule is CC(C)N1C(=O)/C(=C\c2ccc(OCc3ccccc3)cc2)SC1=Nc1ccccc1. The maximum atomic E-state index is 13.0. The van der Waals surface area contributed by atoms with Crippen molar-refractivity contribution in [3.8, 4) is 5.75 Å². The van der Waals surface area contributed by atoms with Gasteiger partial charge in [0.2, 0.25) is 0 Å². The van der Waals surface area contributed by atoms with Gasteiger partial charge in [0.05, 0.1) is 10.6 Å². The normalized spacial score (nSPS) is 16.5. The minimum absolute atomic E-state index is 0.0147. The number of carbonyl (C=O) groups is 1. The largest absolute Gasteiger partial charge is 0.489 e. The summed E-state index contributed by atoms with van der Waals surface area (Å²) < 4.78 is 5.85. The molecule has 0 unspecified atom stereocenters. The first-order chi connectivity index (χ1) is 15.1. The quantitative estimate of drug-likeness (QED) is 0.434. The van der Waals surface area contributed by atoms with E-state index in [1.165, 1.54) is 11.8 Å². The molecule has 31 heavy (non-hydrogen) atoms. The molecule has 1 fully saturated rings. The van der Waals surface area contributed by atoms with Crippen molar-refractivity contribution in [1.29, 1.82) is 0 Å². The van der Waals surface area contributed by atoms with Crippen LogP contribution in [0.25, 0.3) is 6.08 Å². The van der Waals surface area contributed by atoms with Crippen LogP contribution in [0.3, 0.4) is 0 Å². The van der Waals surface area contributed by atoms with Crippen molar-refractivity contribution in [2.45, 2.75) is 26.5 Å². The molecule has 3 aromatic rings. The standard InChI is InChI=1S/C26H24N2O2S/c1-19(2)28-25(29)24(31-26(28)27-22-11-7-4-8-12-22)17-20-13-15-23(16-14-20)30-18-21-9-5-3-6-10-21/h3-17,19H,18H2,1-2H3/b24-17+,27-26?. The summed E-state index contributed by atoms with van der Waals surface area (Å²) in [4.78, 5) is 20.1. The predicted octanol–water partition coefficient (Wildman–Crippen LogP) is 6.28. The van der Waals surface area contributed by atoms with Crippen molar-refractivity contribution >= 4 is 34.6 Å². The van der Waals surface area contributed by atoms with E-state index < -0.39 is 0 Å². The van der Waals surface area contributed by atoms with Crippen LogP contribution in [0.1, 0.15) is 25.0 Å². The molecule has 1 aliphatic rings. The van der Waals surface area contributed by atoms with Gasteiger partial charge in [0.15, 0.2) is 5.17 Å². The van der Waals surface area contributed by atoms with Gasteiger partial charge in [-0.25, -0.2) is 4.99 Å². The van der Waals surface area contributed by atoms with Gasteiger partial charge in [0.1, 0.15) is 12.4 Å². The number of thioether (sulfide) groups is 1. The number of amidine groups is 1. The number of benzene rings is 3. The van der Waals surface area contributed by atoms with E-state index in [1.54, 1.807) is 4.90 Å². The number of rotatable bonds is 6. The lowest BCUT2D eigenvalue weighted by Gasteiger charge is -2.19. The molecule has 0 atom stereocenters. The smallest absolute Gasteiger partial charge is 0.266 e. The predicted molar refractivity (Wildman–Crippen MR) is 128 cm³/mol. The van der Waals surface area contributed by atoms with Gasteiger partial charge in [-0.2, -0.15) is 0 Å². The van der Waals surface area contributed by atoms with E-state index in [2.05, 4.69) is 0 Å². The molecule has 1 heterocycles. The van der Waals surface area contributed by atoms with Crippen LogP contribution < -0.4 is 4.74 Å². The molecule has 4 rings (SSSR count). The average Bonchev–Trinajstić information content (AvgIpc) is 3.09. The molecule has 156 valence electrons. The van der Waals surface area contributed by atoms with Gasteiger partial charge in [0, 0.05) is 6.04 Å². The number of nitrogens with zero attached hydrogens (tertiary/aromatic N) is 2.